The molecule has 0 aliphatic heterocycles. The van der Waals surface area contributed by atoms with Crippen molar-refractivity contribution in [3.8, 4) is 40.0 Å². The summed E-state index contributed by atoms with van der Waals surface area (Å²) >= 11 is 22.3. The summed E-state index contributed by atoms with van der Waals surface area (Å²) in [6.07, 6.45) is 1.64. The minimum Gasteiger partial charge on any atom is -0.506 e. The fourth-order valence-corrected chi connectivity index (χ4v) is 9.64. The van der Waals surface area contributed by atoms with Crippen molar-refractivity contribution in [1.29, 1.82) is 0 Å². The van der Waals surface area contributed by atoms with E-state index in [4.69, 9.17) is 15.3 Å². The second kappa shape index (κ2) is 26.3. The predicted molar refractivity (Wildman–Crippen MR) is 288 cm³/mol. The summed E-state index contributed by atoms with van der Waals surface area (Å²) < 4.78 is 14.4. The number of aromatic hydroxyl groups is 3. The van der Waals surface area contributed by atoms with Crippen LogP contribution in [-0.2, 0) is 11.4 Å². The number of hydrogen-bond donors (Lipinski definition) is 5. The number of nitrogens with zero attached hydrogens (tertiary/aromatic N) is 3. The molecule has 1 amide bonds. The molecule has 8 rings (SSSR count). The number of hydrogen-bond acceptors (Lipinski definition) is 12. The van der Waals surface area contributed by atoms with Gasteiger partial charge in [-0.05, 0) is 162 Å². The quantitative estimate of drug-likeness (QED) is 0.0285. The summed E-state index contributed by atoms with van der Waals surface area (Å²) in [5, 5.41) is 41.4. The summed E-state index contributed by atoms with van der Waals surface area (Å²) in [7, 11) is 0. The van der Waals surface area contributed by atoms with E-state index < -0.39 is 0 Å². The van der Waals surface area contributed by atoms with Gasteiger partial charge in [-0.2, -0.15) is 0 Å². The van der Waals surface area contributed by atoms with Crippen LogP contribution >= 0.6 is 112 Å². The third-order valence-corrected chi connectivity index (χ3v) is 13.3. The number of Topliss-reactive ketones (excluding diaryl/α,β-unsaturated/α-hetero) is 2. The second-order valence-electron chi connectivity index (χ2n) is 13.8. The van der Waals surface area contributed by atoms with E-state index in [9.17, 15) is 29.7 Å². The van der Waals surface area contributed by atoms with E-state index in [2.05, 4.69) is 127 Å². The average Bonchev–Trinajstić information content (AvgIpc) is 3.35. The minimum absolute atomic E-state index is 0.0265. The zero-order valence-corrected chi connectivity index (χ0v) is 46.3. The van der Waals surface area contributed by atoms with Crippen LogP contribution in [-0.4, -0.2) is 59.9 Å². The number of alkyl halides is 1. The molecule has 0 fully saturated rings. The molecule has 0 bridgehead atoms. The topological polar surface area (TPSA) is 207 Å². The lowest BCUT2D eigenvalue weighted by atomic mass is 10.1. The average molecular weight is 1370 g/mol. The number of carbonyl (C=O) groups is 3. The van der Waals surface area contributed by atoms with Crippen molar-refractivity contribution in [2.24, 2.45) is 5.84 Å². The molecule has 0 aliphatic rings. The number of rotatable bonds is 10. The van der Waals surface area contributed by atoms with Crippen molar-refractivity contribution in [1.82, 2.24) is 20.6 Å². The Bertz CT molecular complexity index is 3010. The molecule has 0 spiro atoms. The Morgan fingerprint density at radius 3 is 1.49 bits per heavy atom. The standard InChI is InChI=1S/C20H13Br2N3O2.C12H12N2O2.C8H5Br3O2.C8H6Br2O2/c21-15-8-13(9-16(22)20(15)26)17-10-23-19(25-24-17)11-27-18-7-3-5-12-4-1-2-6-14(12)18;13-14-12(15)8-16-11-7-3-5-9-4-1-2-6-10(9)11;9-3-7(12)4-1-5(10)8(13)6(11)2-4;1-4(11)5-2-6(9)8(12)7(10)3-5/h1-10,26H,11H2;1-7H,8,13H2,(H,14,15);1-2,13H,3H2;2-3,12H,1H3. The molecule has 6 N–H and O–H groups in total. The number of phenols is 3. The van der Waals surface area contributed by atoms with Gasteiger partial charge in [-0.3, -0.25) is 19.8 Å². The van der Waals surface area contributed by atoms with Crippen LogP contribution < -0.4 is 20.7 Å². The lowest BCUT2D eigenvalue weighted by molar-refractivity contribution is -0.123. The van der Waals surface area contributed by atoms with Crippen molar-refractivity contribution in [2.45, 2.75) is 13.5 Å². The molecule has 350 valence electrons. The first-order valence-corrected chi connectivity index (χ1v) is 25.4. The van der Waals surface area contributed by atoms with E-state index in [1.807, 2.05) is 90.4 Å². The molecule has 0 atom stereocenters. The maximum atomic E-state index is 11.3. The lowest BCUT2D eigenvalue weighted by Crippen LogP contribution is -2.34. The maximum Gasteiger partial charge on any atom is 0.271 e. The number of fused-ring (bicyclic) bond motifs is 2. The van der Waals surface area contributed by atoms with E-state index in [-0.39, 0.29) is 53.3 Å². The van der Waals surface area contributed by atoms with Crippen molar-refractivity contribution < 1.29 is 39.2 Å². The summed E-state index contributed by atoms with van der Waals surface area (Å²) in [4.78, 5) is 37.5. The Morgan fingerprint density at radius 2 is 1.04 bits per heavy atom. The molecule has 0 unspecified atom stereocenters. The molecule has 0 radical (unpaired) electrons. The summed E-state index contributed by atoms with van der Waals surface area (Å²) in [6, 6.07) is 37.4. The van der Waals surface area contributed by atoms with E-state index >= 15 is 0 Å². The zero-order chi connectivity index (χ0) is 49.5. The molecule has 20 heteroatoms. The minimum atomic E-state index is -0.354. The highest BCUT2D eigenvalue weighted by molar-refractivity contribution is 9.12. The number of amides is 1. The number of aromatic nitrogens is 3. The smallest absolute Gasteiger partial charge is 0.271 e. The zero-order valence-electron chi connectivity index (χ0n) is 35.2. The first kappa shape index (κ1) is 54.1. The van der Waals surface area contributed by atoms with Gasteiger partial charge in [0.15, 0.2) is 24.0 Å². The van der Waals surface area contributed by atoms with E-state index in [1.54, 1.807) is 42.6 Å². The van der Waals surface area contributed by atoms with Crippen molar-refractivity contribution in [2.75, 3.05) is 11.9 Å². The lowest BCUT2D eigenvalue weighted by Gasteiger charge is -2.09. The van der Waals surface area contributed by atoms with Crippen LogP contribution in [0, 0.1) is 0 Å². The van der Waals surface area contributed by atoms with Crippen LogP contribution in [0.5, 0.6) is 28.7 Å². The highest BCUT2D eigenvalue weighted by atomic mass is 79.9. The first-order chi connectivity index (χ1) is 32.5. The Hall–Kier alpha value is -4.80. The number of ether oxygens (including phenoxy) is 2. The Balaban J connectivity index is 0.000000181. The van der Waals surface area contributed by atoms with Gasteiger partial charge in [-0.1, -0.05) is 88.7 Å². The van der Waals surface area contributed by atoms with Crippen LogP contribution in [0.1, 0.15) is 33.5 Å². The largest absolute Gasteiger partial charge is 0.506 e. The van der Waals surface area contributed by atoms with Gasteiger partial charge in [0.1, 0.15) is 41.0 Å². The van der Waals surface area contributed by atoms with Gasteiger partial charge in [0, 0.05) is 27.5 Å². The molecule has 0 aliphatic carbocycles. The first-order valence-electron chi connectivity index (χ1n) is 19.5. The van der Waals surface area contributed by atoms with Gasteiger partial charge in [0.05, 0.1) is 38.4 Å². The van der Waals surface area contributed by atoms with Gasteiger partial charge >= 0.3 is 0 Å². The van der Waals surface area contributed by atoms with Crippen molar-refractivity contribution in [3.05, 3.63) is 171 Å². The van der Waals surface area contributed by atoms with E-state index in [0.29, 0.717) is 55.2 Å². The Kier molecular flexibility index (Phi) is 20.9. The van der Waals surface area contributed by atoms with Gasteiger partial charge < -0.3 is 24.8 Å². The van der Waals surface area contributed by atoms with Crippen LogP contribution in [0.3, 0.4) is 0 Å². The number of hydrazine groups is 1. The van der Waals surface area contributed by atoms with Crippen LogP contribution in [0.2, 0.25) is 0 Å². The monoisotopic (exact) mass is 1360 g/mol. The molecular weight excluding hydrogens is 1330 g/mol. The highest BCUT2D eigenvalue weighted by Gasteiger charge is 2.13. The molecule has 8 aromatic rings. The fraction of sp³-hybridized carbons (Fsp3) is 0.0833. The summed E-state index contributed by atoms with van der Waals surface area (Å²) in [6.45, 7) is 1.63. The number of benzene rings is 7. The van der Waals surface area contributed by atoms with E-state index in [0.717, 1.165) is 32.9 Å². The molecule has 7 aromatic carbocycles. The highest BCUT2D eigenvalue weighted by Crippen LogP contribution is 2.37. The summed E-state index contributed by atoms with van der Waals surface area (Å²) in [5.74, 6) is 6.87. The van der Waals surface area contributed by atoms with E-state index in [1.165, 1.54) is 6.92 Å². The van der Waals surface area contributed by atoms with Crippen molar-refractivity contribution in [3.63, 3.8) is 0 Å². The molecule has 1 aromatic heterocycles. The van der Waals surface area contributed by atoms with Gasteiger partial charge in [0.2, 0.25) is 0 Å². The van der Waals surface area contributed by atoms with Gasteiger partial charge in [-0.25, -0.2) is 10.8 Å². The number of ketones is 2. The third kappa shape index (κ3) is 15.1. The Labute approximate surface area is 448 Å². The van der Waals surface area contributed by atoms with Crippen LogP contribution in [0.4, 0.5) is 0 Å². The third-order valence-electron chi connectivity index (χ3n) is 9.18. The molecule has 1 heterocycles. The van der Waals surface area contributed by atoms with Crippen LogP contribution in [0.25, 0.3) is 32.8 Å². The Morgan fingerprint density at radius 1 is 0.603 bits per heavy atom. The number of nitrogens with one attached hydrogen (secondary N) is 1. The van der Waals surface area contributed by atoms with Crippen LogP contribution in [0.15, 0.2) is 154 Å². The van der Waals surface area contributed by atoms with Crippen molar-refractivity contribution >= 4 is 151 Å². The molecule has 0 saturated carbocycles. The predicted octanol–water partition coefficient (Wildman–Crippen LogP) is 13.3. The fourth-order valence-electron chi connectivity index (χ4n) is 5.75. The van der Waals surface area contributed by atoms with Gasteiger partial charge in [-0.15, -0.1) is 10.2 Å². The molecule has 68 heavy (non-hydrogen) atoms. The second-order valence-corrected chi connectivity index (χ2v) is 19.5. The summed E-state index contributed by atoms with van der Waals surface area (Å²) in [5.41, 5.74) is 4.52. The normalized spacial score (nSPS) is 10.4. The molecular formula is C48H36Br7N5O8. The number of phenolic OH excluding ortho intramolecular Hbond substituents is 3. The maximum absolute atomic E-state index is 11.3. The number of carbonyl (C=O) groups excluding carboxylic acids is 3. The van der Waals surface area contributed by atoms with Gasteiger partial charge in [0.25, 0.3) is 5.91 Å². The molecule has 13 nitrogen and oxygen atoms in total. The number of nitrogens with two attached hydrogens (primary N) is 1. The SMILES string of the molecule is CC(=O)c1cc(Br)c(O)c(Br)c1.NNC(=O)COc1cccc2ccccc12.O=C(CBr)c1cc(Br)c(O)c(Br)c1.Oc1c(Br)cc(-c2cnc(COc3cccc4ccccc34)nn2)cc1Br. The number of halogens is 7. The molecule has 0 saturated heterocycles.